The molecule has 0 atom stereocenters. The monoisotopic (exact) mass is 105 g/mol. The molecule has 0 N–H and O–H groups in total. The molecule has 0 saturated carbocycles. The summed E-state index contributed by atoms with van der Waals surface area (Å²) in [5, 5.41) is 0. The van der Waals surface area contributed by atoms with E-state index in [1.165, 1.54) is 0 Å². The van der Waals surface area contributed by atoms with Crippen LogP contribution in [0.2, 0.25) is 0 Å². The summed E-state index contributed by atoms with van der Waals surface area (Å²) in [6, 6.07) is 0. The highest BCUT2D eigenvalue weighted by atomic mass is 32.1. The molecule has 5 heavy (non-hydrogen) atoms. The minimum Gasteiger partial charge on any atom is -0.427 e. The maximum absolute atomic E-state index is 8.35. The van der Waals surface area contributed by atoms with Crippen molar-refractivity contribution in [3.05, 3.63) is 0 Å². The van der Waals surface area contributed by atoms with E-state index in [0.717, 1.165) is 0 Å². The zero-order chi connectivity index (χ0) is 2.71. The van der Waals surface area contributed by atoms with Gasteiger partial charge in [-0.1, -0.05) is 11.6 Å². The third-order valence-corrected chi connectivity index (χ3v) is 0. The first kappa shape index (κ1) is 21.3. The Morgan fingerprint density at radius 3 is 1.00 bits per heavy atom. The lowest BCUT2D eigenvalue weighted by Gasteiger charge is -1.27. The molecular formula is H3F2O2S-. The normalized spacial score (nSPS) is 3.20. The van der Waals surface area contributed by atoms with Gasteiger partial charge in [0, 0.05) is 0 Å². The molecule has 0 unspecified atom stereocenters. The molecule has 0 spiro atoms. The van der Waals surface area contributed by atoms with Gasteiger partial charge in [0.15, 0.2) is 0 Å². The molecule has 0 bridgehead atoms. The van der Waals surface area contributed by atoms with E-state index in [9.17, 15) is 0 Å². The van der Waals surface area contributed by atoms with Gasteiger partial charge in [-0.05, 0) is 0 Å². The summed E-state index contributed by atoms with van der Waals surface area (Å²) in [5.74, 6) is 0. The Morgan fingerprint density at radius 1 is 1.00 bits per heavy atom. The van der Waals surface area contributed by atoms with Crippen molar-refractivity contribution < 1.29 is 17.8 Å². The van der Waals surface area contributed by atoms with Crippen LogP contribution in [0.15, 0.2) is 0 Å². The van der Waals surface area contributed by atoms with Crippen LogP contribution in [0.25, 0.3) is 0 Å². The summed E-state index contributed by atoms with van der Waals surface area (Å²) >= 11 is -1.08. The van der Waals surface area contributed by atoms with Crippen molar-refractivity contribution in [2.45, 2.75) is 0 Å². The first-order chi connectivity index (χ1) is 1.41. The molecule has 0 fully saturated rings. The van der Waals surface area contributed by atoms with Crippen LogP contribution in [0.1, 0.15) is 0 Å². The lowest BCUT2D eigenvalue weighted by atomic mass is 15.9. The van der Waals surface area contributed by atoms with Crippen LogP contribution in [0, 0.1) is 0 Å². The highest BCUT2D eigenvalue weighted by molar-refractivity contribution is 7.51. The van der Waals surface area contributed by atoms with Gasteiger partial charge in [0.05, 0.1) is 0 Å². The molecular weight excluding hydrogens is 102 g/mol. The Kier molecular flexibility index (Phi) is 195. The molecule has 0 aromatic carbocycles. The molecule has 0 saturated heterocycles. The topological polar surface area (TPSA) is 34.1 Å². The Labute approximate surface area is 30.5 Å². The van der Waals surface area contributed by atoms with Crippen molar-refractivity contribution in [3.8, 4) is 0 Å². The molecule has 0 aliphatic rings. The summed E-state index contributed by atoms with van der Waals surface area (Å²) in [6.45, 7) is 0. The molecule has 0 heterocycles. The number of hydrogen-bond donors (Lipinski definition) is 0. The summed E-state index contributed by atoms with van der Waals surface area (Å²) in [7, 11) is 0. The van der Waals surface area contributed by atoms with Gasteiger partial charge in [0.2, 0.25) is 0 Å². The van der Waals surface area contributed by atoms with Crippen LogP contribution in [-0.4, -0.2) is 0 Å². The van der Waals surface area contributed by atoms with Crippen LogP contribution in [0.5, 0.6) is 0 Å². The third kappa shape index (κ3) is 346. The van der Waals surface area contributed by atoms with Crippen LogP contribution < -0.4 is 0 Å². The smallest absolute Gasteiger partial charge is 0.0885 e. The molecule has 0 amide bonds. The lowest BCUT2D eigenvalue weighted by molar-refractivity contribution is 0.541. The summed E-state index contributed by atoms with van der Waals surface area (Å²) in [6.07, 6.45) is 0. The SMILES string of the molecule is F.F.O=[SH-]=O. The van der Waals surface area contributed by atoms with E-state index in [0.29, 0.717) is 0 Å². The molecule has 0 radical (unpaired) electrons. The van der Waals surface area contributed by atoms with Gasteiger partial charge in [-0.3, -0.25) is 9.41 Å². The zero-order valence-electron chi connectivity index (χ0n) is 2.08. The van der Waals surface area contributed by atoms with Gasteiger partial charge in [-0.25, -0.2) is 0 Å². The van der Waals surface area contributed by atoms with Gasteiger partial charge >= 0.3 is 0 Å². The van der Waals surface area contributed by atoms with E-state index in [4.69, 9.17) is 8.42 Å². The largest absolute Gasteiger partial charge is 0.427 e. The Balaban J connectivity index is -0.0000000200. The molecule has 36 valence electrons. The van der Waals surface area contributed by atoms with Crippen LogP contribution in [0.3, 0.4) is 0 Å². The fourth-order valence-electron chi connectivity index (χ4n) is 0. The van der Waals surface area contributed by atoms with Crippen LogP contribution in [-0.2, 0) is 20.0 Å². The van der Waals surface area contributed by atoms with Gasteiger partial charge in [0.1, 0.15) is 0 Å². The second-order valence-electron chi connectivity index (χ2n) is 0.0745. The van der Waals surface area contributed by atoms with Gasteiger partial charge < -0.3 is 8.42 Å². The number of rotatable bonds is 0. The van der Waals surface area contributed by atoms with E-state index in [-0.39, 0.29) is 9.41 Å². The molecule has 0 aliphatic carbocycles. The standard InChI is InChI=1S/2FH.HO2S/c;;1-3-2/h2*1H;3H/q;;-1. The minimum absolute atomic E-state index is 0. The van der Waals surface area contributed by atoms with Crippen molar-refractivity contribution in [3.63, 3.8) is 0 Å². The Bertz CT molecular complexity index is 28.6. The zero-order valence-corrected chi connectivity index (χ0v) is 2.97. The predicted octanol–water partition coefficient (Wildman–Crippen LogP) is -0.203. The van der Waals surface area contributed by atoms with Crippen molar-refractivity contribution in [2.24, 2.45) is 0 Å². The van der Waals surface area contributed by atoms with Gasteiger partial charge in [-0.2, -0.15) is 0 Å². The molecule has 0 aromatic heterocycles. The van der Waals surface area contributed by atoms with E-state index in [1.807, 2.05) is 0 Å². The van der Waals surface area contributed by atoms with E-state index >= 15 is 0 Å². The van der Waals surface area contributed by atoms with Gasteiger partial charge in [0.25, 0.3) is 0 Å². The fourth-order valence-corrected chi connectivity index (χ4v) is 0. The fraction of sp³-hybridized carbons (Fsp3) is 0. The van der Waals surface area contributed by atoms with Crippen LogP contribution >= 0.6 is 0 Å². The second-order valence-corrected chi connectivity index (χ2v) is 0.224. The van der Waals surface area contributed by atoms with Crippen molar-refractivity contribution in [1.82, 2.24) is 0 Å². The first-order valence-electron chi connectivity index (χ1n) is 0.365. The average Bonchev–Trinajstić information content (AvgIpc) is 0.918. The summed E-state index contributed by atoms with van der Waals surface area (Å²) < 4.78 is 16.7. The molecule has 0 rings (SSSR count). The van der Waals surface area contributed by atoms with E-state index < -0.39 is 11.6 Å². The Hall–Kier alpha value is -0.190. The minimum atomic E-state index is -1.08. The maximum atomic E-state index is 8.35. The van der Waals surface area contributed by atoms with Crippen LogP contribution in [0.4, 0.5) is 9.41 Å². The predicted molar refractivity (Wildman–Crippen MR) is 15.1 cm³/mol. The highest BCUT2D eigenvalue weighted by Crippen LogP contribution is 0.942. The van der Waals surface area contributed by atoms with E-state index in [2.05, 4.69) is 0 Å². The maximum Gasteiger partial charge on any atom is -0.0885 e. The van der Waals surface area contributed by atoms with Crippen molar-refractivity contribution >= 4 is 11.6 Å². The molecule has 0 aliphatic heterocycles. The summed E-state index contributed by atoms with van der Waals surface area (Å²) in [4.78, 5) is 0. The quantitative estimate of drug-likeness (QED) is 0.315. The second kappa shape index (κ2) is 45.9. The third-order valence-electron chi connectivity index (χ3n) is 0. The highest BCUT2D eigenvalue weighted by Gasteiger charge is 0.757. The Morgan fingerprint density at radius 2 is 1.00 bits per heavy atom. The van der Waals surface area contributed by atoms with Crippen molar-refractivity contribution in [2.75, 3.05) is 0 Å². The summed E-state index contributed by atoms with van der Waals surface area (Å²) in [5.41, 5.74) is 0. The van der Waals surface area contributed by atoms with Crippen molar-refractivity contribution in [1.29, 1.82) is 0 Å². The molecule has 0 aromatic rings. The average molecular weight is 105 g/mol. The number of thiol groups is 1. The number of halogens is 2. The molecule has 2 nitrogen and oxygen atoms in total. The lowest BCUT2D eigenvalue weighted by Crippen LogP contribution is -1.06. The molecule has 5 heteroatoms. The van der Waals surface area contributed by atoms with E-state index in [1.54, 1.807) is 0 Å². The first-order valence-corrected chi connectivity index (χ1v) is 1.10. The number of hydrogen-bond acceptors (Lipinski definition) is 3. The van der Waals surface area contributed by atoms with Gasteiger partial charge in [-0.15, -0.1) is 0 Å².